The number of aromatic nitrogens is 1. The van der Waals surface area contributed by atoms with E-state index in [0.29, 0.717) is 32.5 Å². The molecule has 0 radical (unpaired) electrons. The topological polar surface area (TPSA) is 103 Å². The SMILES string of the molecule is CCOc1ccc(-c2csc(N3CCC(S(=O)(=O)c4ccc([N+](=O)[O-])cc4)CC3)n2)cc1. The highest BCUT2D eigenvalue weighted by molar-refractivity contribution is 7.92. The van der Waals surface area contributed by atoms with Gasteiger partial charge in [0.15, 0.2) is 15.0 Å². The number of benzene rings is 2. The van der Waals surface area contributed by atoms with Gasteiger partial charge in [0.1, 0.15) is 5.75 Å². The van der Waals surface area contributed by atoms with Crippen molar-refractivity contribution in [2.75, 3.05) is 24.6 Å². The van der Waals surface area contributed by atoms with E-state index < -0.39 is 20.0 Å². The van der Waals surface area contributed by atoms with Crippen LogP contribution in [0.5, 0.6) is 5.75 Å². The second-order valence-electron chi connectivity index (χ2n) is 7.46. The molecule has 1 aliphatic rings. The molecular formula is C22H23N3O5S2. The summed E-state index contributed by atoms with van der Waals surface area (Å²) in [6, 6.07) is 12.9. The average Bonchev–Trinajstić information content (AvgIpc) is 3.30. The Bertz CT molecular complexity index is 1180. The summed E-state index contributed by atoms with van der Waals surface area (Å²) < 4.78 is 31.4. The Hall–Kier alpha value is -2.98. The fourth-order valence-corrected chi connectivity index (χ4v) is 6.36. The summed E-state index contributed by atoms with van der Waals surface area (Å²) in [7, 11) is -3.53. The minimum atomic E-state index is -3.53. The number of hydrogen-bond donors (Lipinski definition) is 0. The van der Waals surface area contributed by atoms with Crippen molar-refractivity contribution in [3.05, 3.63) is 64.0 Å². The fraction of sp³-hybridized carbons (Fsp3) is 0.318. The minimum Gasteiger partial charge on any atom is -0.494 e. The molecule has 4 rings (SSSR count). The zero-order chi connectivity index (χ0) is 22.7. The number of nitro groups is 1. The van der Waals surface area contributed by atoms with E-state index in [-0.39, 0.29) is 10.6 Å². The van der Waals surface area contributed by atoms with E-state index in [0.717, 1.165) is 22.1 Å². The van der Waals surface area contributed by atoms with Gasteiger partial charge in [-0.1, -0.05) is 0 Å². The van der Waals surface area contributed by atoms with E-state index >= 15 is 0 Å². The predicted octanol–water partition coefficient (Wildman–Crippen LogP) is 4.56. The van der Waals surface area contributed by atoms with Gasteiger partial charge in [0, 0.05) is 36.2 Å². The first-order valence-electron chi connectivity index (χ1n) is 10.3. The number of hydrogen-bond acceptors (Lipinski definition) is 8. The van der Waals surface area contributed by atoms with Gasteiger partial charge in [-0.25, -0.2) is 13.4 Å². The Morgan fingerprint density at radius 1 is 1.12 bits per heavy atom. The van der Waals surface area contributed by atoms with Crippen LogP contribution in [0, 0.1) is 10.1 Å². The van der Waals surface area contributed by atoms with Crippen molar-refractivity contribution < 1.29 is 18.1 Å². The summed E-state index contributed by atoms with van der Waals surface area (Å²) in [6.45, 7) is 3.75. The molecule has 0 aliphatic carbocycles. The smallest absolute Gasteiger partial charge is 0.269 e. The summed E-state index contributed by atoms with van der Waals surface area (Å²) in [5.74, 6) is 0.822. The number of nitrogens with zero attached hydrogens (tertiary/aromatic N) is 3. The average molecular weight is 474 g/mol. The Morgan fingerprint density at radius 3 is 2.38 bits per heavy atom. The van der Waals surface area contributed by atoms with Gasteiger partial charge in [0.05, 0.1) is 27.4 Å². The van der Waals surface area contributed by atoms with E-state index in [1.54, 1.807) is 11.3 Å². The molecule has 0 unspecified atom stereocenters. The molecule has 1 aliphatic heterocycles. The van der Waals surface area contributed by atoms with E-state index in [1.165, 1.54) is 24.3 Å². The molecular weight excluding hydrogens is 450 g/mol. The lowest BCUT2D eigenvalue weighted by atomic mass is 10.1. The van der Waals surface area contributed by atoms with Gasteiger partial charge in [-0.05, 0) is 56.2 Å². The number of sulfone groups is 1. The van der Waals surface area contributed by atoms with Crippen molar-refractivity contribution in [2.45, 2.75) is 29.9 Å². The molecule has 1 saturated heterocycles. The summed E-state index contributed by atoms with van der Waals surface area (Å²) in [5, 5.41) is 13.2. The highest BCUT2D eigenvalue weighted by atomic mass is 32.2. The van der Waals surface area contributed by atoms with Crippen molar-refractivity contribution in [1.82, 2.24) is 4.98 Å². The number of nitro benzene ring substituents is 1. The molecule has 0 N–H and O–H groups in total. The van der Waals surface area contributed by atoms with Crippen molar-refractivity contribution in [2.24, 2.45) is 0 Å². The maximum atomic E-state index is 13.0. The van der Waals surface area contributed by atoms with Crippen LogP contribution in [-0.2, 0) is 9.84 Å². The van der Waals surface area contributed by atoms with Crippen LogP contribution in [0.4, 0.5) is 10.8 Å². The van der Waals surface area contributed by atoms with Crippen LogP contribution in [-0.4, -0.2) is 43.3 Å². The minimum absolute atomic E-state index is 0.120. The molecule has 8 nitrogen and oxygen atoms in total. The van der Waals surface area contributed by atoms with Crippen molar-refractivity contribution in [3.63, 3.8) is 0 Å². The third kappa shape index (κ3) is 4.61. The number of rotatable bonds is 7. The number of piperidine rings is 1. The normalized spacial score (nSPS) is 15.0. The quantitative estimate of drug-likeness (QED) is 0.366. The van der Waals surface area contributed by atoms with Crippen LogP contribution in [0.2, 0.25) is 0 Å². The molecule has 10 heteroatoms. The molecule has 0 spiro atoms. The number of non-ortho nitro benzene ring substituents is 1. The van der Waals surface area contributed by atoms with Crippen molar-refractivity contribution in [3.8, 4) is 17.0 Å². The molecule has 1 fully saturated rings. The molecule has 0 saturated carbocycles. The lowest BCUT2D eigenvalue weighted by molar-refractivity contribution is -0.384. The van der Waals surface area contributed by atoms with E-state index in [2.05, 4.69) is 4.90 Å². The van der Waals surface area contributed by atoms with Crippen LogP contribution in [0.3, 0.4) is 0 Å². The van der Waals surface area contributed by atoms with Gasteiger partial charge in [-0.2, -0.15) is 0 Å². The highest BCUT2D eigenvalue weighted by Crippen LogP contribution is 2.32. The van der Waals surface area contributed by atoms with Gasteiger partial charge < -0.3 is 9.64 Å². The second kappa shape index (κ2) is 9.25. The van der Waals surface area contributed by atoms with Gasteiger partial charge in [-0.3, -0.25) is 10.1 Å². The van der Waals surface area contributed by atoms with E-state index in [9.17, 15) is 18.5 Å². The summed E-state index contributed by atoms with van der Waals surface area (Å²) >= 11 is 1.55. The third-order valence-electron chi connectivity index (χ3n) is 5.48. The van der Waals surface area contributed by atoms with Gasteiger partial charge in [-0.15, -0.1) is 11.3 Å². The largest absolute Gasteiger partial charge is 0.494 e. The lowest BCUT2D eigenvalue weighted by Gasteiger charge is -2.31. The standard InChI is InChI=1S/C22H23N3O5S2/c1-2-30-18-7-3-16(4-8-18)21-15-31-22(23-21)24-13-11-20(12-14-24)32(28,29)19-9-5-17(6-10-19)25(26)27/h3-10,15,20H,2,11-14H2,1H3. The Labute approximate surface area is 190 Å². The zero-order valence-corrected chi connectivity index (χ0v) is 19.1. The van der Waals surface area contributed by atoms with Crippen LogP contribution in [0.1, 0.15) is 19.8 Å². The molecule has 0 amide bonds. The van der Waals surface area contributed by atoms with E-state index in [1.807, 2.05) is 36.6 Å². The maximum Gasteiger partial charge on any atom is 0.269 e. The Balaban J connectivity index is 1.41. The first-order valence-corrected chi connectivity index (χ1v) is 12.7. The summed E-state index contributed by atoms with van der Waals surface area (Å²) in [6.07, 6.45) is 0.967. The molecule has 2 aromatic carbocycles. The zero-order valence-electron chi connectivity index (χ0n) is 17.5. The Morgan fingerprint density at radius 2 is 1.78 bits per heavy atom. The van der Waals surface area contributed by atoms with Crippen molar-refractivity contribution in [1.29, 1.82) is 0 Å². The molecule has 32 heavy (non-hydrogen) atoms. The second-order valence-corrected chi connectivity index (χ2v) is 10.5. The molecule has 0 bridgehead atoms. The van der Waals surface area contributed by atoms with E-state index in [4.69, 9.17) is 9.72 Å². The van der Waals surface area contributed by atoms with Gasteiger partial charge >= 0.3 is 0 Å². The molecule has 168 valence electrons. The predicted molar refractivity (Wildman–Crippen MR) is 124 cm³/mol. The maximum absolute atomic E-state index is 13.0. The van der Waals surface area contributed by atoms with Crippen LogP contribution >= 0.6 is 11.3 Å². The fourth-order valence-electron chi connectivity index (χ4n) is 3.74. The number of anilines is 1. The third-order valence-corrected chi connectivity index (χ3v) is 8.66. The van der Waals surface area contributed by atoms with Crippen molar-refractivity contribution >= 4 is 32.0 Å². The molecule has 2 heterocycles. The van der Waals surface area contributed by atoms with Crippen LogP contribution in [0.15, 0.2) is 58.8 Å². The Kier molecular flexibility index (Phi) is 6.43. The number of ether oxygens (including phenoxy) is 1. The summed E-state index contributed by atoms with van der Waals surface area (Å²) in [4.78, 5) is 17.3. The van der Waals surface area contributed by atoms with Gasteiger partial charge in [0.2, 0.25) is 0 Å². The van der Waals surface area contributed by atoms with Crippen LogP contribution < -0.4 is 9.64 Å². The van der Waals surface area contributed by atoms with Crippen LogP contribution in [0.25, 0.3) is 11.3 Å². The van der Waals surface area contributed by atoms with Gasteiger partial charge in [0.25, 0.3) is 5.69 Å². The first kappa shape index (κ1) is 22.2. The lowest BCUT2D eigenvalue weighted by Crippen LogP contribution is -2.39. The monoisotopic (exact) mass is 473 g/mol. The molecule has 0 atom stereocenters. The molecule has 1 aromatic heterocycles. The number of thiazole rings is 1. The highest BCUT2D eigenvalue weighted by Gasteiger charge is 2.32. The summed E-state index contributed by atoms with van der Waals surface area (Å²) in [5.41, 5.74) is 1.77. The molecule has 3 aromatic rings. The first-order chi connectivity index (χ1) is 15.4.